The lowest BCUT2D eigenvalue weighted by molar-refractivity contribution is 0.0657. The molecule has 0 aromatic heterocycles. The van der Waals surface area contributed by atoms with Gasteiger partial charge in [-0.05, 0) is 62.2 Å². The van der Waals surface area contributed by atoms with E-state index in [1.54, 1.807) is 25.1 Å². The number of amides is 1. The Balaban J connectivity index is 2.03. The highest BCUT2D eigenvalue weighted by Gasteiger charge is 2.08. The number of halogens is 1. The Kier molecular flexibility index (Phi) is 5.28. The Morgan fingerprint density at radius 3 is 2.45 bits per heavy atom. The van der Waals surface area contributed by atoms with Gasteiger partial charge in [-0.15, -0.1) is 0 Å². The Morgan fingerprint density at radius 2 is 1.86 bits per heavy atom. The predicted octanol–water partition coefficient (Wildman–Crippen LogP) is 4.31. The Morgan fingerprint density at radius 1 is 1.18 bits per heavy atom. The van der Waals surface area contributed by atoms with Gasteiger partial charge in [0, 0.05) is 11.3 Å². The summed E-state index contributed by atoms with van der Waals surface area (Å²) in [5.74, 6) is -0.531. The summed E-state index contributed by atoms with van der Waals surface area (Å²) < 4.78 is 18.6. The number of nitrogens with one attached hydrogen (secondary N) is 1. The van der Waals surface area contributed by atoms with E-state index in [9.17, 15) is 9.18 Å². The number of aryl methyl sites for hydroxylation is 1. The van der Waals surface area contributed by atoms with Crippen LogP contribution in [0.1, 0.15) is 35.3 Å². The fraction of sp³-hybridized carbons (Fsp3) is 0.278. The van der Waals surface area contributed by atoms with Gasteiger partial charge < -0.3 is 10.1 Å². The van der Waals surface area contributed by atoms with Crippen LogP contribution in [0.2, 0.25) is 0 Å². The van der Waals surface area contributed by atoms with Crippen LogP contribution < -0.4 is 5.32 Å². The summed E-state index contributed by atoms with van der Waals surface area (Å²) in [6, 6.07) is 11.5. The van der Waals surface area contributed by atoms with Crippen LogP contribution in [0.25, 0.3) is 0 Å². The predicted molar refractivity (Wildman–Crippen MR) is 85.5 cm³/mol. The number of ether oxygens (including phenoxy) is 1. The van der Waals surface area contributed by atoms with E-state index in [2.05, 4.69) is 5.32 Å². The van der Waals surface area contributed by atoms with Gasteiger partial charge in [-0.3, -0.25) is 4.79 Å². The van der Waals surface area contributed by atoms with Crippen LogP contribution in [-0.2, 0) is 11.3 Å². The summed E-state index contributed by atoms with van der Waals surface area (Å²) in [4.78, 5) is 12.2. The lowest BCUT2D eigenvalue weighted by atomic mass is 10.1. The molecule has 0 unspecified atom stereocenters. The van der Waals surface area contributed by atoms with Gasteiger partial charge in [-0.25, -0.2) is 4.39 Å². The van der Waals surface area contributed by atoms with Gasteiger partial charge in [0.05, 0.1) is 12.7 Å². The number of carbonyl (C=O) groups excluding carboxylic acids is 1. The lowest BCUT2D eigenvalue weighted by Gasteiger charge is -2.10. The van der Waals surface area contributed by atoms with Crippen LogP contribution in [0, 0.1) is 12.7 Å². The molecule has 1 N–H and O–H groups in total. The summed E-state index contributed by atoms with van der Waals surface area (Å²) in [6.45, 7) is 6.24. The highest BCUT2D eigenvalue weighted by atomic mass is 19.1. The molecule has 0 heterocycles. The average Bonchev–Trinajstić information content (AvgIpc) is 2.48. The van der Waals surface area contributed by atoms with E-state index >= 15 is 0 Å². The number of carbonyl (C=O) groups is 1. The van der Waals surface area contributed by atoms with E-state index in [-0.39, 0.29) is 17.8 Å². The fourth-order valence-corrected chi connectivity index (χ4v) is 1.98. The van der Waals surface area contributed by atoms with Crippen molar-refractivity contribution in [2.75, 3.05) is 5.32 Å². The molecule has 3 nitrogen and oxygen atoms in total. The molecule has 0 aliphatic carbocycles. The molecular formula is C18H20FNO2. The van der Waals surface area contributed by atoms with Crippen molar-refractivity contribution in [1.82, 2.24) is 0 Å². The van der Waals surface area contributed by atoms with Crippen molar-refractivity contribution in [3.8, 4) is 0 Å². The van der Waals surface area contributed by atoms with Crippen molar-refractivity contribution in [3.63, 3.8) is 0 Å². The summed E-state index contributed by atoms with van der Waals surface area (Å²) in [6.07, 6.45) is 0.171. The molecule has 4 heteroatoms. The largest absolute Gasteiger partial charge is 0.374 e. The quantitative estimate of drug-likeness (QED) is 0.893. The van der Waals surface area contributed by atoms with Gasteiger partial charge in [0.2, 0.25) is 0 Å². The van der Waals surface area contributed by atoms with E-state index < -0.39 is 0 Å². The normalized spacial score (nSPS) is 10.8. The summed E-state index contributed by atoms with van der Waals surface area (Å²) >= 11 is 0. The van der Waals surface area contributed by atoms with Gasteiger partial charge in [-0.1, -0.05) is 12.1 Å². The second kappa shape index (κ2) is 7.18. The van der Waals surface area contributed by atoms with Crippen molar-refractivity contribution < 1.29 is 13.9 Å². The Bertz CT molecular complexity index is 651. The number of anilines is 1. The number of benzene rings is 2. The molecule has 0 fully saturated rings. The molecule has 1 amide bonds. The highest BCUT2D eigenvalue weighted by Crippen LogP contribution is 2.17. The second-order valence-electron chi connectivity index (χ2n) is 5.47. The third-order valence-electron chi connectivity index (χ3n) is 3.24. The first-order valence-electron chi connectivity index (χ1n) is 7.24. The summed E-state index contributed by atoms with van der Waals surface area (Å²) in [5, 5.41) is 2.79. The van der Waals surface area contributed by atoms with Crippen molar-refractivity contribution in [3.05, 3.63) is 65.0 Å². The zero-order valence-corrected chi connectivity index (χ0v) is 13.0. The monoisotopic (exact) mass is 301 g/mol. The van der Waals surface area contributed by atoms with E-state index in [4.69, 9.17) is 4.74 Å². The minimum atomic E-state index is -0.315. The van der Waals surface area contributed by atoms with Crippen molar-refractivity contribution in [2.45, 2.75) is 33.5 Å². The Labute approximate surface area is 130 Å². The molecule has 2 aromatic rings. The van der Waals surface area contributed by atoms with Gasteiger partial charge in [0.1, 0.15) is 5.82 Å². The molecule has 0 saturated carbocycles. The molecule has 0 atom stereocenters. The molecule has 2 aromatic carbocycles. The maximum Gasteiger partial charge on any atom is 0.255 e. The summed E-state index contributed by atoms with van der Waals surface area (Å²) in [5.41, 5.74) is 2.87. The van der Waals surface area contributed by atoms with E-state index in [0.717, 1.165) is 5.56 Å². The number of hydrogen-bond donors (Lipinski definition) is 1. The van der Waals surface area contributed by atoms with E-state index in [0.29, 0.717) is 23.4 Å². The minimum Gasteiger partial charge on any atom is -0.374 e. The highest BCUT2D eigenvalue weighted by molar-refractivity contribution is 6.04. The van der Waals surface area contributed by atoms with E-state index in [1.807, 2.05) is 26.0 Å². The van der Waals surface area contributed by atoms with Crippen molar-refractivity contribution in [1.29, 1.82) is 0 Å². The minimum absolute atomic E-state index is 0.171. The van der Waals surface area contributed by atoms with Gasteiger partial charge in [0.15, 0.2) is 0 Å². The topological polar surface area (TPSA) is 38.3 Å². The maximum absolute atomic E-state index is 13.1. The molecule has 0 spiro atoms. The van der Waals surface area contributed by atoms with Crippen LogP contribution in [-0.4, -0.2) is 12.0 Å². The van der Waals surface area contributed by atoms with Crippen molar-refractivity contribution in [2.24, 2.45) is 0 Å². The smallest absolute Gasteiger partial charge is 0.255 e. The van der Waals surface area contributed by atoms with Crippen LogP contribution in [0.5, 0.6) is 0 Å². The third-order valence-corrected chi connectivity index (χ3v) is 3.24. The first kappa shape index (κ1) is 16.2. The zero-order chi connectivity index (χ0) is 16.1. The van der Waals surface area contributed by atoms with Crippen LogP contribution in [0.4, 0.5) is 10.1 Å². The lowest BCUT2D eigenvalue weighted by Crippen LogP contribution is -2.13. The van der Waals surface area contributed by atoms with Crippen LogP contribution in [0.15, 0.2) is 42.5 Å². The van der Waals surface area contributed by atoms with Crippen LogP contribution >= 0.6 is 0 Å². The standard InChI is InChI=1S/C18H20FNO2/c1-12(2)22-11-14-4-6-15(7-5-14)18(21)20-17-9-8-16(19)10-13(17)3/h4-10,12H,11H2,1-3H3,(H,20,21). The zero-order valence-electron chi connectivity index (χ0n) is 13.0. The second-order valence-corrected chi connectivity index (χ2v) is 5.47. The average molecular weight is 301 g/mol. The molecule has 0 aliphatic rings. The molecule has 0 saturated heterocycles. The number of hydrogen-bond acceptors (Lipinski definition) is 2. The molecule has 116 valence electrons. The first-order chi connectivity index (χ1) is 10.5. The molecule has 0 radical (unpaired) electrons. The fourth-order valence-electron chi connectivity index (χ4n) is 1.98. The molecular weight excluding hydrogens is 281 g/mol. The third kappa shape index (κ3) is 4.40. The van der Waals surface area contributed by atoms with Crippen LogP contribution in [0.3, 0.4) is 0 Å². The van der Waals surface area contributed by atoms with Gasteiger partial charge in [0.25, 0.3) is 5.91 Å². The molecule has 0 aliphatic heterocycles. The Hall–Kier alpha value is -2.20. The first-order valence-corrected chi connectivity index (χ1v) is 7.24. The summed E-state index contributed by atoms with van der Waals surface area (Å²) in [7, 11) is 0. The van der Waals surface area contributed by atoms with Gasteiger partial charge >= 0.3 is 0 Å². The van der Waals surface area contributed by atoms with Crippen molar-refractivity contribution >= 4 is 11.6 Å². The molecule has 2 rings (SSSR count). The maximum atomic E-state index is 13.1. The van der Waals surface area contributed by atoms with Gasteiger partial charge in [-0.2, -0.15) is 0 Å². The molecule has 22 heavy (non-hydrogen) atoms. The molecule has 0 bridgehead atoms. The number of rotatable bonds is 5. The van der Waals surface area contributed by atoms with E-state index in [1.165, 1.54) is 12.1 Å². The SMILES string of the molecule is Cc1cc(F)ccc1NC(=O)c1ccc(COC(C)C)cc1.